The fourth-order valence-electron chi connectivity index (χ4n) is 1.84. The van der Waals surface area contributed by atoms with Crippen LogP contribution >= 0.6 is 0 Å². The number of rotatable bonds is 6. The van der Waals surface area contributed by atoms with Gasteiger partial charge in [0, 0.05) is 5.56 Å². The minimum atomic E-state index is -4.70. The zero-order valence-electron chi connectivity index (χ0n) is 13.4. The van der Waals surface area contributed by atoms with Gasteiger partial charge in [-0.3, -0.25) is 0 Å². The van der Waals surface area contributed by atoms with Crippen molar-refractivity contribution < 1.29 is 31.4 Å². The zero-order chi connectivity index (χ0) is 19.2. The molecule has 0 spiro atoms. The predicted molar refractivity (Wildman–Crippen MR) is 86.1 cm³/mol. The highest BCUT2D eigenvalue weighted by Crippen LogP contribution is 2.25. The summed E-state index contributed by atoms with van der Waals surface area (Å²) >= 11 is 0. The van der Waals surface area contributed by atoms with Crippen LogP contribution in [0.2, 0.25) is 0 Å². The van der Waals surface area contributed by atoms with Gasteiger partial charge in [0.25, 0.3) is 0 Å². The molecule has 0 aliphatic rings. The van der Waals surface area contributed by atoms with Crippen LogP contribution in [0.1, 0.15) is 11.1 Å². The van der Waals surface area contributed by atoms with Crippen molar-refractivity contribution in [3.05, 3.63) is 59.2 Å². The molecule has 0 N–H and O–H groups in total. The third-order valence-corrected chi connectivity index (χ3v) is 3.00. The molecule has 0 bridgehead atoms. The summed E-state index contributed by atoms with van der Waals surface area (Å²) in [5.74, 6) is -2.96. The van der Waals surface area contributed by atoms with Crippen LogP contribution in [0.25, 0.3) is 0 Å². The van der Waals surface area contributed by atoms with E-state index in [2.05, 4.69) is 14.9 Å². The van der Waals surface area contributed by atoms with Crippen molar-refractivity contribution >= 4 is 12.4 Å². The maximum Gasteiger partial charge on any atom is 0.422 e. The Morgan fingerprint density at radius 3 is 1.96 bits per heavy atom. The fourth-order valence-corrected chi connectivity index (χ4v) is 1.84. The van der Waals surface area contributed by atoms with E-state index in [9.17, 15) is 22.0 Å². The van der Waals surface area contributed by atoms with Crippen LogP contribution in [0.15, 0.2) is 46.6 Å². The Morgan fingerprint density at radius 1 is 0.923 bits per heavy atom. The van der Waals surface area contributed by atoms with E-state index in [4.69, 9.17) is 4.74 Å². The van der Waals surface area contributed by atoms with Gasteiger partial charge in [0.05, 0.1) is 19.5 Å². The lowest BCUT2D eigenvalue weighted by molar-refractivity contribution is -0.154. The maximum atomic E-state index is 13.7. The van der Waals surface area contributed by atoms with Gasteiger partial charge < -0.3 is 9.47 Å². The van der Waals surface area contributed by atoms with E-state index in [-0.39, 0.29) is 5.56 Å². The lowest BCUT2D eigenvalue weighted by atomic mass is 10.2. The number of nitrogens with zero attached hydrogens (tertiary/aromatic N) is 2. The second-order valence-electron chi connectivity index (χ2n) is 4.98. The highest BCUT2D eigenvalue weighted by molar-refractivity contribution is 5.83. The largest absolute Gasteiger partial charge is 0.497 e. The van der Waals surface area contributed by atoms with Crippen molar-refractivity contribution in [2.75, 3.05) is 13.7 Å². The number of methoxy groups -OCH3 is 1. The molecule has 2 aromatic rings. The summed E-state index contributed by atoms with van der Waals surface area (Å²) in [4.78, 5) is 0. The van der Waals surface area contributed by atoms with E-state index in [1.54, 1.807) is 24.3 Å². The molecule has 0 radical (unpaired) electrons. The van der Waals surface area contributed by atoms with Crippen molar-refractivity contribution in [2.24, 2.45) is 10.2 Å². The van der Waals surface area contributed by atoms with Gasteiger partial charge in [0.1, 0.15) is 5.75 Å². The summed E-state index contributed by atoms with van der Waals surface area (Å²) in [6.45, 7) is -1.79. The molecule has 0 saturated heterocycles. The van der Waals surface area contributed by atoms with Gasteiger partial charge in [-0.05, 0) is 42.0 Å². The summed E-state index contributed by atoms with van der Waals surface area (Å²) in [7, 11) is 1.53. The number of benzene rings is 2. The van der Waals surface area contributed by atoms with Gasteiger partial charge in [-0.25, -0.2) is 8.78 Å². The van der Waals surface area contributed by atoms with Crippen LogP contribution < -0.4 is 9.47 Å². The average Bonchev–Trinajstić information content (AvgIpc) is 2.57. The van der Waals surface area contributed by atoms with Crippen molar-refractivity contribution in [2.45, 2.75) is 6.18 Å². The lowest BCUT2D eigenvalue weighted by Gasteiger charge is -2.10. The molecule has 0 unspecified atom stereocenters. The van der Waals surface area contributed by atoms with Crippen LogP contribution in [0.3, 0.4) is 0 Å². The molecule has 0 aliphatic carbocycles. The van der Waals surface area contributed by atoms with Gasteiger partial charge in [0.2, 0.25) is 0 Å². The molecular weight excluding hydrogens is 359 g/mol. The second-order valence-corrected chi connectivity index (χ2v) is 4.98. The monoisotopic (exact) mass is 372 g/mol. The SMILES string of the molecule is COc1ccc(/C=N/N=C/c2cc(F)c(OCC(F)(F)F)c(F)c2)cc1. The van der Waals surface area contributed by atoms with Crippen LogP contribution in [-0.4, -0.2) is 32.3 Å². The molecule has 0 amide bonds. The molecule has 26 heavy (non-hydrogen) atoms. The maximum absolute atomic E-state index is 13.7. The summed E-state index contributed by atoms with van der Waals surface area (Å²) in [5, 5.41) is 7.36. The summed E-state index contributed by atoms with van der Waals surface area (Å²) in [5.41, 5.74) is 0.697. The van der Waals surface area contributed by atoms with Gasteiger partial charge >= 0.3 is 6.18 Å². The number of hydrogen-bond donors (Lipinski definition) is 0. The Labute approximate surface area is 145 Å². The van der Waals surface area contributed by atoms with E-state index in [0.29, 0.717) is 5.75 Å². The Kier molecular flexibility index (Phi) is 6.26. The topological polar surface area (TPSA) is 43.2 Å². The molecule has 9 heteroatoms. The van der Waals surface area contributed by atoms with Crippen molar-refractivity contribution in [3.8, 4) is 11.5 Å². The van der Waals surface area contributed by atoms with E-state index in [1.165, 1.54) is 13.3 Å². The quantitative estimate of drug-likeness (QED) is 0.429. The van der Waals surface area contributed by atoms with Crippen molar-refractivity contribution in [1.82, 2.24) is 0 Å². The smallest absolute Gasteiger partial charge is 0.422 e. The third-order valence-electron chi connectivity index (χ3n) is 3.00. The first-order valence-corrected chi connectivity index (χ1v) is 7.17. The Morgan fingerprint density at radius 2 is 1.46 bits per heavy atom. The standard InChI is InChI=1S/C17H13F5N2O2/c1-25-13-4-2-11(3-5-13)8-23-24-9-12-6-14(18)16(15(19)7-12)26-10-17(20,21)22/h2-9H,10H2,1H3/b23-8+,24-9+. The number of ether oxygens (including phenoxy) is 2. The highest BCUT2D eigenvalue weighted by atomic mass is 19.4. The fraction of sp³-hybridized carbons (Fsp3) is 0.176. The van der Waals surface area contributed by atoms with Crippen molar-refractivity contribution in [3.63, 3.8) is 0 Å². The normalized spacial score (nSPS) is 12.1. The predicted octanol–water partition coefficient (Wildman–Crippen LogP) is 4.37. The molecule has 0 heterocycles. The van der Waals surface area contributed by atoms with Gasteiger partial charge in [-0.2, -0.15) is 23.4 Å². The van der Waals surface area contributed by atoms with Gasteiger partial charge in [-0.15, -0.1) is 0 Å². The van der Waals surface area contributed by atoms with Crippen LogP contribution in [0.5, 0.6) is 11.5 Å². The lowest BCUT2D eigenvalue weighted by Crippen LogP contribution is -2.20. The summed E-state index contributed by atoms with van der Waals surface area (Å²) in [6.07, 6.45) is -2.24. The van der Waals surface area contributed by atoms with Crippen LogP contribution in [0, 0.1) is 11.6 Å². The first kappa shape index (κ1) is 19.4. The van der Waals surface area contributed by atoms with Gasteiger partial charge in [0.15, 0.2) is 24.0 Å². The first-order chi connectivity index (χ1) is 12.3. The molecule has 2 aromatic carbocycles. The molecular formula is C17H13F5N2O2. The number of alkyl halides is 3. The van der Waals surface area contributed by atoms with E-state index in [0.717, 1.165) is 23.9 Å². The van der Waals surface area contributed by atoms with Crippen LogP contribution in [0.4, 0.5) is 22.0 Å². The minimum Gasteiger partial charge on any atom is -0.497 e. The minimum absolute atomic E-state index is 0.0220. The van der Waals surface area contributed by atoms with E-state index in [1.807, 2.05) is 0 Å². The Hall–Kier alpha value is -2.97. The molecule has 0 saturated carbocycles. The molecule has 2 rings (SSSR count). The second kappa shape index (κ2) is 8.41. The van der Waals surface area contributed by atoms with Crippen LogP contribution in [-0.2, 0) is 0 Å². The van der Waals surface area contributed by atoms with Crippen molar-refractivity contribution in [1.29, 1.82) is 0 Å². The molecule has 0 fully saturated rings. The van der Waals surface area contributed by atoms with E-state index < -0.39 is 30.2 Å². The average molecular weight is 372 g/mol. The highest BCUT2D eigenvalue weighted by Gasteiger charge is 2.29. The number of halogens is 5. The van der Waals surface area contributed by atoms with E-state index >= 15 is 0 Å². The molecule has 4 nitrogen and oxygen atoms in total. The molecule has 138 valence electrons. The zero-order valence-corrected chi connectivity index (χ0v) is 13.4. The first-order valence-electron chi connectivity index (χ1n) is 7.17. The summed E-state index contributed by atoms with van der Waals surface area (Å²) in [6, 6.07) is 8.47. The Bertz CT molecular complexity index is 779. The molecule has 0 aromatic heterocycles. The summed E-state index contributed by atoms with van der Waals surface area (Å²) < 4.78 is 72.7. The Balaban J connectivity index is 2.04. The third kappa shape index (κ3) is 5.83. The van der Waals surface area contributed by atoms with Gasteiger partial charge in [-0.1, -0.05) is 0 Å². The number of hydrogen-bond acceptors (Lipinski definition) is 4. The molecule has 0 atom stereocenters. The molecule has 0 aliphatic heterocycles.